The maximum absolute atomic E-state index is 12.0. The first-order chi connectivity index (χ1) is 6.56. The summed E-state index contributed by atoms with van der Waals surface area (Å²) in [6.07, 6.45) is -3.05. The molecule has 0 radical (unpaired) electrons. The normalized spacial score (nSPS) is 11.9. The molecule has 0 fully saturated rings. The molecule has 2 aromatic rings. The van der Waals surface area contributed by atoms with Crippen LogP contribution in [-0.2, 0) is 0 Å². The third-order valence-electron chi connectivity index (χ3n) is 1.57. The number of hydrogen-bond acceptors (Lipinski definition) is 3. The number of halogens is 3. The molecule has 0 atom stereocenters. The lowest BCUT2D eigenvalue weighted by molar-refractivity contribution is -0.101. The highest BCUT2D eigenvalue weighted by Crippen LogP contribution is 2.18. The Hall–Kier alpha value is -1.79. The van der Waals surface area contributed by atoms with Gasteiger partial charge >= 0.3 is 6.30 Å². The molecule has 0 aliphatic rings. The lowest BCUT2D eigenvalue weighted by atomic mass is 10.5. The molecule has 7 heteroatoms. The Bertz CT molecular complexity index is 447. The quantitative estimate of drug-likeness (QED) is 0.715. The lowest BCUT2D eigenvalue weighted by Crippen LogP contribution is -2.22. The van der Waals surface area contributed by atoms with Crippen LogP contribution in [-0.4, -0.2) is 20.9 Å². The van der Waals surface area contributed by atoms with Gasteiger partial charge in [-0.3, -0.25) is 9.72 Å². The summed E-state index contributed by atoms with van der Waals surface area (Å²) in [7, 11) is 0. The summed E-state index contributed by atoms with van der Waals surface area (Å²) in [5, 5.41) is 8.21. The van der Waals surface area contributed by atoms with Crippen LogP contribution in [0, 0.1) is 0 Å². The molecule has 2 rings (SSSR count). The molecule has 0 aromatic carbocycles. The van der Waals surface area contributed by atoms with E-state index < -0.39 is 6.30 Å². The Morgan fingerprint density at radius 3 is 2.71 bits per heavy atom. The number of nitrogens with one attached hydrogen (secondary N) is 1. The van der Waals surface area contributed by atoms with Gasteiger partial charge in [0.25, 0.3) is 0 Å². The monoisotopic (exact) mass is 202 g/mol. The smallest absolute Gasteiger partial charge is 0.269 e. The third kappa shape index (κ3) is 1.61. The van der Waals surface area contributed by atoms with Gasteiger partial charge in [-0.1, -0.05) is 6.07 Å². The van der Waals surface area contributed by atoms with Crippen molar-refractivity contribution in [1.82, 2.24) is 14.6 Å². The fourth-order valence-corrected chi connectivity index (χ4v) is 1.05. The molecule has 0 unspecified atom stereocenters. The van der Waals surface area contributed by atoms with Crippen LogP contribution in [0.3, 0.4) is 0 Å². The van der Waals surface area contributed by atoms with Crippen LogP contribution in [0.5, 0.6) is 0 Å². The number of hydrogen-bond donors (Lipinski definition) is 1. The van der Waals surface area contributed by atoms with Crippen LogP contribution in [0.25, 0.3) is 5.65 Å². The van der Waals surface area contributed by atoms with Crippen molar-refractivity contribution in [2.24, 2.45) is 0 Å². The summed E-state index contributed by atoms with van der Waals surface area (Å²) in [6.45, 7) is 0. The lowest BCUT2D eigenvalue weighted by Gasteiger charge is -2.06. The van der Waals surface area contributed by atoms with Gasteiger partial charge in [-0.15, -0.1) is 10.2 Å². The molecule has 14 heavy (non-hydrogen) atoms. The molecule has 2 heterocycles. The Morgan fingerprint density at radius 2 is 2.00 bits per heavy atom. The van der Waals surface area contributed by atoms with Gasteiger partial charge in [-0.05, 0) is 12.1 Å². The first-order valence-corrected chi connectivity index (χ1v) is 3.71. The maximum atomic E-state index is 12.0. The predicted molar refractivity (Wildman–Crippen MR) is 42.7 cm³/mol. The second kappa shape index (κ2) is 2.86. The van der Waals surface area contributed by atoms with Crippen molar-refractivity contribution in [3.05, 3.63) is 24.4 Å². The van der Waals surface area contributed by atoms with Crippen LogP contribution in [0.4, 0.5) is 19.1 Å². The highest BCUT2D eigenvalue weighted by molar-refractivity contribution is 5.44. The van der Waals surface area contributed by atoms with Crippen LogP contribution < -0.4 is 5.32 Å². The average Bonchev–Trinajstić information content (AvgIpc) is 2.47. The predicted octanol–water partition coefficient (Wildman–Crippen LogP) is 1.66. The minimum Gasteiger partial charge on any atom is -0.269 e. The first kappa shape index (κ1) is 8.79. The average molecular weight is 202 g/mol. The van der Waals surface area contributed by atoms with E-state index in [1.807, 2.05) is 0 Å². The van der Waals surface area contributed by atoms with E-state index in [4.69, 9.17) is 0 Å². The summed E-state index contributed by atoms with van der Waals surface area (Å²) < 4.78 is 37.1. The topological polar surface area (TPSA) is 42.2 Å². The summed E-state index contributed by atoms with van der Waals surface area (Å²) in [5.41, 5.74) is 0.360. The van der Waals surface area contributed by atoms with E-state index in [1.165, 1.54) is 15.9 Å². The zero-order valence-electron chi connectivity index (χ0n) is 6.78. The SMILES string of the molecule is FC(F)(F)Nc1nnc2ccccn12. The molecule has 0 aliphatic heterocycles. The first-order valence-electron chi connectivity index (χ1n) is 3.71. The van der Waals surface area contributed by atoms with Gasteiger partial charge in [0.1, 0.15) is 0 Å². The molecule has 0 saturated heterocycles. The van der Waals surface area contributed by atoms with Gasteiger partial charge in [0.15, 0.2) is 5.65 Å². The molecule has 0 spiro atoms. The summed E-state index contributed by atoms with van der Waals surface area (Å²) in [6, 6.07) is 4.83. The van der Waals surface area contributed by atoms with E-state index in [1.54, 1.807) is 18.2 Å². The highest BCUT2D eigenvalue weighted by Gasteiger charge is 2.29. The van der Waals surface area contributed by atoms with Crippen molar-refractivity contribution in [2.75, 3.05) is 5.32 Å². The van der Waals surface area contributed by atoms with E-state index in [2.05, 4.69) is 10.2 Å². The minimum atomic E-state index is -4.50. The fourth-order valence-electron chi connectivity index (χ4n) is 1.05. The number of rotatable bonds is 1. The number of alkyl halides is 3. The molecule has 4 nitrogen and oxygen atoms in total. The number of anilines is 1. The number of pyridine rings is 1. The molecule has 0 saturated carbocycles. The van der Waals surface area contributed by atoms with Crippen LogP contribution >= 0.6 is 0 Å². The molecule has 1 N–H and O–H groups in total. The zero-order valence-corrected chi connectivity index (χ0v) is 6.78. The Morgan fingerprint density at radius 1 is 1.21 bits per heavy atom. The van der Waals surface area contributed by atoms with Crippen molar-refractivity contribution in [2.45, 2.75) is 6.30 Å². The third-order valence-corrected chi connectivity index (χ3v) is 1.57. The van der Waals surface area contributed by atoms with Crippen LogP contribution in [0.2, 0.25) is 0 Å². The molecular formula is C7H5F3N4. The summed E-state index contributed by atoms with van der Waals surface area (Å²) in [5.74, 6) is -0.340. The van der Waals surface area contributed by atoms with Crippen molar-refractivity contribution in [3.63, 3.8) is 0 Å². The molecule has 0 bridgehead atoms. The van der Waals surface area contributed by atoms with E-state index >= 15 is 0 Å². The van der Waals surface area contributed by atoms with E-state index in [9.17, 15) is 13.2 Å². The van der Waals surface area contributed by atoms with Crippen LogP contribution in [0.15, 0.2) is 24.4 Å². The van der Waals surface area contributed by atoms with E-state index in [0.29, 0.717) is 5.65 Å². The van der Waals surface area contributed by atoms with Crippen molar-refractivity contribution in [1.29, 1.82) is 0 Å². The minimum absolute atomic E-state index is 0.340. The van der Waals surface area contributed by atoms with Crippen molar-refractivity contribution < 1.29 is 13.2 Å². The largest absolute Gasteiger partial charge is 0.484 e. The van der Waals surface area contributed by atoms with Gasteiger partial charge in [0, 0.05) is 6.20 Å². The van der Waals surface area contributed by atoms with Gasteiger partial charge in [0.2, 0.25) is 5.95 Å². The van der Waals surface area contributed by atoms with Crippen molar-refractivity contribution >= 4 is 11.6 Å². The van der Waals surface area contributed by atoms with Gasteiger partial charge in [-0.2, -0.15) is 13.2 Å². The Labute approximate surface area is 76.4 Å². The summed E-state index contributed by atoms with van der Waals surface area (Å²) >= 11 is 0. The Kier molecular flexibility index (Phi) is 1.80. The number of fused-ring (bicyclic) bond motifs is 1. The Balaban J connectivity index is 2.44. The highest BCUT2D eigenvalue weighted by atomic mass is 19.4. The molecule has 74 valence electrons. The second-order valence-corrected chi connectivity index (χ2v) is 2.58. The maximum Gasteiger partial charge on any atom is 0.484 e. The molecule has 0 aliphatic carbocycles. The van der Waals surface area contributed by atoms with Gasteiger partial charge < -0.3 is 0 Å². The fraction of sp³-hybridized carbons (Fsp3) is 0.143. The number of nitrogens with zero attached hydrogens (tertiary/aromatic N) is 3. The standard InChI is InChI=1S/C7H5F3N4/c8-7(9,10)11-6-13-12-5-3-1-2-4-14(5)6/h1-4H,(H,11,13). The van der Waals surface area contributed by atoms with Gasteiger partial charge in [0.05, 0.1) is 0 Å². The summed E-state index contributed by atoms with van der Waals surface area (Å²) in [4.78, 5) is 0. The van der Waals surface area contributed by atoms with Crippen LogP contribution in [0.1, 0.15) is 0 Å². The van der Waals surface area contributed by atoms with E-state index in [0.717, 1.165) is 0 Å². The molecule has 0 amide bonds. The zero-order chi connectivity index (χ0) is 10.2. The van der Waals surface area contributed by atoms with Crippen molar-refractivity contribution in [3.8, 4) is 0 Å². The molecular weight excluding hydrogens is 197 g/mol. The number of aromatic nitrogens is 3. The second-order valence-electron chi connectivity index (χ2n) is 2.58. The van der Waals surface area contributed by atoms with Gasteiger partial charge in [-0.25, -0.2) is 0 Å². The van der Waals surface area contributed by atoms with E-state index in [-0.39, 0.29) is 5.95 Å². The molecule has 2 aromatic heterocycles.